The molecule has 3 aliphatic rings. The maximum Gasteiger partial charge on any atom is 0.192 e. The first-order valence-electron chi connectivity index (χ1n) is 9.88. The van der Waals surface area contributed by atoms with Crippen LogP contribution in [0.1, 0.15) is 72.6 Å². The molecule has 0 aromatic rings. The Morgan fingerprint density at radius 1 is 1.29 bits per heavy atom. The van der Waals surface area contributed by atoms with Gasteiger partial charge in [0.05, 0.1) is 0 Å². The molecule has 0 heterocycles. The number of carbonyl (C=O) groups is 1. The van der Waals surface area contributed by atoms with E-state index >= 15 is 0 Å². The van der Waals surface area contributed by atoms with Crippen molar-refractivity contribution in [2.75, 3.05) is 0 Å². The number of fused-ring (bicyclic) bond motifs is 1. The van der Waals surface area contributed by atoms with E-state index in [1.54, 1.807) is 5.57 Å². The Kier molecular flexibility index (Phi) is 4.44. The molecule has 3 atom stereocenters. The van der Waals surface area contributed by atoms with E-state index in [1.807, 2.05) is 0 Å². The Labute approximate surface area is 149 Å². The molecule has 2 nitrogen and oxygen atoms in total. The molecule has 0 saturated heterocycles. The molecule has 3 rings (SSSR count). The Hall–Kier alpha value is -0.413. The van der Waals surface area contributed by atoms with Gasteiger partial charge in [-0.1, -0.05) is 45.8 Å². The highest BCUT2D eigenvalue weighted by Gasteiger charge is 2.58. The van der Waals surface area contributed by atoms with Gasteiger partial charge in [0.2, 0.25) is 0 Å². The van der Waals surface area contributed by atoms with Gasteiger partial charge < -0.3 is 9.22 Å². The molecule has 0 amide bonds. The van der Waals surface area contributed by atoms with Crippen LogP contribution in [-0.4, -0.2) is 20.7 Å². The van der Waals surface area contributed by atoms with Crippen LogP contribution in [0.25, 0.3) is 0 Å². The van der Waals surface area contributed by atoms with Crippen LogP contribution in [0.5, 0.6) is 0 Å². The summed E-state index contributed by atoms with van der Waals surface area (Å²) in [5, 5.41) is 0.269. The van der Waals surface area contributed by atoms with Crippen molar-refractivity contribution in [1.82, 2.24) is 0 Å². The summed E-state index contributed by atoms with van der Waals surface area (Å²) in [5.41, 5.74) is 2.12. The van der Waals surface area contributed by atoms with E-state index in [2.05, 4.69) is 46.9 Å². The van der Waals surface area contributed by atoms with Gasteiger partial charge in [0.1, 0.15) is 6.29 Å². The summed E-state index contributed by atoms with van der Waals surface area (Å²) < 4.78 is 6.90. The lowest BCUT2D eigenvalue weighted by molar-refractivity contribution is -0.108. The molecule has 3 unspecified atom stereocenters. The van der Waals surface area contributed by atoms with Crippen LogP contribution >= 0.6 is 0 Å². The first-order valence-corrected chi connectivity index (χ1v) is 12.8. The molecule has 3 aliphatic carbocycles. The predicted octanol–water partition coefficient (Wildman–Crippen LogP) is 5.88. The predicted molar refractivity (Wildman–Crippen MR) is 103 cm³/mol. The van der Waals surface area contributed by atoms with Gasteiger partial charge in [-0.15, -0.1) is 0 Å². The highest BCUT2D eigenvalue weighted by molar-refractivity contribution is 6.74. The highest BCUT2D eigenvalue weighted by atomic mass is 28.4. The molecule has 136 valence electrons. The molecule has 3 heteroatoms. The summed E-state index contributed by atoms with van der Waals surface area (Å²) in [6, 6.07) is 0. The van der Waals surface area contributed by atoms with E-state index < -0.39 is 8.32 Å². The molecule has 0 aliphatic heterocycles. The smallest absolute Gasteiger partial charge is 0.192 e. The third-order valence-electron chi connectivity index (χ3n) is 7.79. The molecule has 0 radical (unpaired) electrons. The van der Waals surface area contributed by atoms with Crippen molar-refractivity contribution >= 4 is 14.6 Å². The molecular weight excluding hydrogens is 312 g/mol. The number of hydrogen-bond acceptors (Lipinski definition) is 2. The summed E-state index contributed by atoms with van der Waals surface area (Å²) in [6.07, 6.45) is 12.1. The molecule has 0 aromatic heterocycles. The minimum absolute atomic E-state index is 0.226. The van der Waals surface area contributed by atoms with Crippen molar-refractivity contribution in [2.45, 2.75) is 96.9 Å². The van der Waals surface area contributed by atoms with Crippen molar-refractivity contribution in [3.63, 3.8) is 0 Å². The zero-order chi connectivity index (χ0) is 17.8. The van der Waals surface area contributed by atoms with Gasteiger partial charge in [0, 0.05) is 12.5 Å². The maximum atomic E-state index is 11.2. The minimum atomic E-state index is -1.73. The Morgan fingerprint density at radius 3 is 2.50 bits per heavy atom. The van der Waals surface area contributed by atoms with E-state index in [9.17, 15) is 4.79 Å². The lowest BCUT2D eigenvalue weighted by Gasteiger charge is -2.49. The number of hydrogen-bond donors (Lipinski definition) is 0. The fourth-order valence-electron chi connectivity index (χ4n) is 5.10. The van der Waals surface area contributed by atoms with E-state index in [4.69, 9.17) is 4.43 Å². The Balaban J connectivity index is 1.80. The lowest BCUT2D eigenvalue weighted by atomic mass is 9.62. The van der Waals surface area contributed by atoms with Gasteiger partial charge in [0.25, 0.3) is 0 Å². The summed E-state index contributed by atoms with van der Waals surface area (Å²) in [4.78, 5) is 11.2. The molecule has 0 spiro atoms. The average molecular weight is 349 g/mol. The molecule has 0 bridgehead atoms. The first-order chi connectivity index (χ1) is 11.1. The van der Waals surface area contributed by atoms with E-state index in [0.717, 1.165) is 19.1 Å². The zero-order valence-corrected chi connectivity index (χ0v) is 17.6. The minimum Gasteiger partial charge on any atom is -0.414 e. The number of rotatable bonds is 5. The van der Waals surface area contributed by atoms with Crippen molar-refractivity contribution in [3.05, 3.63) is 11.6 Å². The van der Waals surface area contributed by atoms with Gasteiger partial charge >= 0.3 is 0 Å². The van der Waals surface area contributed by atoms with Crippen LogP contribution < -0.4 is 0 Å². The summed E-state index contributed by atoms with van der Waals surface area (Å²) in [5.74, 6) is 0.625. The SMILES string of the molecule is CC12CCCC(O[Si](C)(C)C(C)(C)C)C1CC=C2C1(CC=O)CC1. The molecule has 0 aromatic carbocycles. The van der Waals surface area contributed by atoms with Gasteiger partial charge in [-0.2, -0.15) is 0 Å². The molecule has 2 fully saturated rings. The van der Waals surface area contributed by atoms with Gasteiger partial charge in [-0.3, -0.25) is 0 Å². The molecule has 2 saturated carbocycles. The standard InChI is InChI=1S/C21H36O2Si/c1-19(2,3)24(5,6)23-17-8-7-11-20(4)16(17)9-10-18(20)21(12-13-21)14-15-22/h10,15-17H,7-9,11-14H2,1-6H3. The van der Waals surface area contributed by atoms with E-state index in [-0.39, 0.29) is 15.9 Å². The fraction of sp³-hybridized carbons (Fsp3) is 0.857. The van der Waals surface area contributed by atoms with Crippen molar-refractivity contribution in [1.29, 1.82) is 0 Å². The van der Waals surface area contributed by atoms with Crippen molar-refractivity contribution < 1.29 is 9.22 Å². The number of allylic oxidation sites excluding steroid dienone is 2. The van der Waals surface area contributed by atoms with Crippen LogP contribution in [0.2, 0.25) is 18.1 Å². The lowest BCUT2D eigenvalue weighted by Crippen LogP contribution is -2.49. The zero-order valence-electron chi connectivity index (χ0n) is 16.6. The molecule has 24 heavy (non-hydrogen) atoms. The summed E-state index contributed by atoms with van der Waals surface area (Å²) in [7, 11) is -1.73. The van der Waals surface area contributed by atoms with Crippen LogP contribution in [0.4, 0.5) is 0 Å². The second-order valence-corrected chi connectivity index (χ2v) is 15.1. The Morgan fingerprint density at radius 2 is 1.96 bits per heavy atom. The number of aldehydes is 1. The van der Waals surface area contributed by atoms with Gasteiger partial charge in [-0.25, -0.2) is 0 Å². The molecular formula is C21H36O2Si. The van der Waals surface area contributed by atoms with Crippen LogP contribution in [0.15, 0.2) is 11.6 Å². The van der Waals surface area contributed by atoms with Crippen molar-refractivity contribution in [2.24, 2.45) is 16.7 Å². The molecule has 0 N–H and O–H groups in total. The normalized spacial score (nSPS) is 35.3. The second kappa shape index (κ2) is 5.80. The maximum absolute atomic E-state index is 11.2. The van der Waals surface area contributed by atoms with Crippen LogP contribution in [0, 0.1) is 16.7 Å². The Bertz CT molecular complexity index is 539. The highest BCUT2D eigenvalue weighted by Crippen LogP contribution is 2.66. The average Bonchev–Trinajstić information content (AvgIpc) is 3.12. The van der Waals surface area contributed by atoms with Crippen LogP contribution in [-0.2, 0) is 9.22 Å². The first kappa shape index (κ1) is 18.4. The second-order valence-electron chi connectivity index (χ2n) is 10.3. The van der Waals surface area contributed by atoms with Crippen molar-refractivity contribution in [3.8, 4) is 0 Å². The van der Waals surface area contributed by atoms with Gasteiger partial charge in [-0.05, 0) is 67.0 Å². The fourth-order valence-corrected chi connectivity index (χ4v) is 6.50. The summed E-state index contributed by atoms with van der Waals surface area (Å²) in [6.45, 7) is 14.3. The third-order valence-corrected chi connectivity index (χ3v) is 12.3. The topological polar surface area (TPSA) is 26.3 Å². The third kappa shape index (κ3) is 2.86. The monoisotopic (exact) mass is 348 g/mol. The van der Waals surface area contributed by atoms with Crippen LogP contribution in [0.3, 0.4) is 0 Å². The van der Waals surface area contributed by atoms with E-state index in [1.165, 1.54) is 32.1 Å². The van der Waals surface area contributed by atoms with Gasteiger partial charge in [0.15, 0.2) is 8.32 Å². The summed E-state index contributed by atoms with van der Waals surface area (Å²) >= 11 is 0. The van der Waals surface area contributed by atoms with E-state index in [0.29, 0.717) is 12.0 Å². The number of carbonyl (C=O) groups excluding carboxylic acids is 1. The quantitative estimate of drug-likeness (QED) is 0.352. The largest absolute Gasteiger partial charge is 0.414 e.